The first-order chi connectivity index (χ1) is 9.45. The molecule has 0 atom stereocenters. The van der Waals surface area contributed by atoms with Gasteiger partial charge in [-0.15, -0.1) is 0 Å². The molecule has 0 radical (unpaired) electrons. The second-order valence-electron chi connectivity index (χ2n) is 5.36. The van der Waals surface area contributed by atoms with E-state index in [-0.39, 0.29) is 0 Å². The fourth-order valence-electron chi connectivity index (χ4n) is 2.45. The number of sulfonamides is 1. The van der Waals surface area contributed by atoms with Crippen LogP contribution in [0.5, 0.6) is 0 Å². The van der Waals surface area contributed by atoms with Crippen LogP contribution in [0.15, 0.2) is 23.1 Å². The summed E-state index contributed by atoms with van der Waals surface area (Å²) in [5.74, 6) is 0. The van der Waals surface area contributed by atoms with E-state index in [0.29, 0.717) is 24.5 Å². The lowest BCUT2D eigenvalue weighted by molar-refractivity contribution is 0.347. The first-order valence-corrected chi connectivity index (χ1v) is 8.37. The Morgan fingerprint density at radius 3 is 2.65 bits per heavy atom. The van der Waals surface area contributed by atoms with E-state index >= 15 is 0 Å². The molecule has 0 spiro atoms. The Morgan fingerprint density at radius 2 is 1.95 bits per heavy atom. The van der Waals surface area contributed by atoms with E-state index in [1.807, 2.05) is 26.1 Å². The van der Waals surface area contributed by atoms with Crippen molar-refractivity contribution in [2.24, 2.45) is 5.73 Å². The number of benzene rings is 1. The number of nitrogens with zero attached hydrogens (tertiary/aromatic N) is 2. The van der Waals surface area contributed by atoms with Gasteiger partial charge in [-0.1, -0.05) is 12.1 Å². The van der Waals surface area contributed by atoms with Crippen LogP contribution in [0.3, 0.4) is 0 Å². The molecule has 0 saturated carbocycles. The second-order valence-corrected chi connectivity index (χ2v) is 7.27. The van der Waals surface area contributed by atoms with Crippen molar-refractivity contribution in [1.82, 2.24) is 9.21 Å². The highest BCUT2D eigenvalue weighted by Crippen LogP contribution is 2.22. The van der Waals surface area contributed by atoms with Crippen molar-refractivity contribution in [1.29, 1.82) is 0 Å². The third kappa shape index (κ3) is 3.20. The molecule has 6 heteroatoms. The van der Waals surface area contributed by atoms with E-state index < -0.39 is 10.0 Å². The molecule has 5 nitrogen and oxygen atoms in total. The molecule has 0 aromatic heterocycles. The average molecular weight is 297 g/mol. The maximum absolute atomic E-state index is 12.8. The van der Waals surface area contributed by atoms with Crippen LogP contribution < -0.4 is 5.73 Å². The molecule has 1 aromatic carbocycles. The van der Waals surface area contributed by atoms with Crippen molar-refractivity contribution in [3.63, 3.8) is 0 Å². The van der Waals surface area contributed by atoms with E-state index in [4.69, 9.17) is 5.73 Å². The Hall–Kier alpha value is -0.950. The van der Waals surface area contributed by atoms with Gasteiger partial charge in [-0.25, -0.2) is 8.42 Å². The van der Waals surface area contributed by atoms with Gasteiger partial charge in [0.2, 0.25) is 10.0 Å². The van der Waals surface area contributed by atoms with Gasteiger partial charge < -0.3 is 10.6 Å². The van der Waals surface area contributed by atoms with Gasteiger partial charge in [-0.2, -0.15) is 4.31 Å². The Morgan fingerprint density at radius 1 is 1.20 bits per heavy atom. The van der Waals surface area contributed by atoms with Crippen molar-refractivity contribution in [2.75, 3.05) is 33.2 Å². The Bertz CT molecular complexity index is 572. The molecule has 0 unspecified atom stereocenters. The van der Waals surface area contributed by atoms with Gasteiger partial charge in [0.05, 0.1) is 4.90 Å². The van der Waals surface area contributed by atoms with Crippen LogP contribution in [0.1, 0.15) is 17.5 Å². The fraction of sp³-hybridized carbons (Fsp3) is 0.571. The van der Waals surface area contributed by atoms with Gasteiger partial charge >= 0.3 is 0 Å². The Kier molecular flexibility index (Phi) is 4.80. The molecular weight excluding hydrogens is 274 g/mol. The van der Waals surface area contributed by atoms with Gasteiger partial charge in [-0.3, -0.25) is 0 Å². The Labute approximate surface area is 121 Å². The lowest BCUT2D eigenvalue weighted by Crippen LogP contribution is -2.35. The van der Waals surface area contributed by atoms with Crippen molar-refractivity contribution in [3.05, 3.63) is 29.3 Å². The van der Waals surface area contributed by atoms with Crippen molar-refractivity contribution in [2.45, 2.75) is 24.8 Å². The fourth-order valence-corrected chi connectivity index (χ4v) is 4.20. The van der Waals surface area contributed by atoms with Crippen LogP contribution >= 0.6 is 0 Å². The smallest absolute Gasteiger partial charge is 0.243 e. The van der Waals surface area contributed by atoms with Gasteiger partial charge in [0.1, 0.15) is 0 Å². The number of aryl methyl sites for hydroxylation is 1. The molecule has 2 N–H and O–H groups in total. The normalized spacial score (nSPS) is 18.9. The molecule has 0 aliphatic carbocycles. The van der Waals surface area contributed by atoms with Crippen molar-refractivity contribution >= 4 is 10.0 Å². The summed E-state index contributed by atoms with van der Waals surface area (Å²) in [5, 5.41) is 0. The highest BCUT2D eigenvalue weighted by molar-refractivity contribution is 7.89. The number of rotatable bonds is 3. The van der Waals surface area contributed by atoms with Crippen LogP contribution in [0.2, 0.25) is 0 Å². The zero-order chi connectivity index (χ0) is 14.8. The summed E-state index contributed by atoms with van der Waals surface area (Å²) in [6, 6.07) is 5.42. The SMILES string of the molecule is Cc1ccc(CN)cc1S(=O)(=O)N1CCCN(C)CC1. The lowest BCUT2D eigenvalue weighted by atomic mass is 10.1. The number of hydrogen-bond acceptors (Lipinski definition) is 4. The highest BCUT2D eigenvalue weighted by atomic mass is 32.2. The summed E-state index contributed by atoms with van der Waals surface area (Å²) in [6.45, 7) is 5.02. The minimum Gasteiger partial charge on any atom is -0.326 e. The van der Waals surface area contributed by atoms with Gasteiger partial charge in [-0.05, 0) is 44.1 Å². The van der Waals surface area contributed by atoms with Crippen molar-refractivity contribution in [3.8, 4) is 0 Å². The maximum Gasteiger partial charge on any atom is 0.243 e. The molecule has 0 amide bonds. The molecule has 112 valence electrons. The molecule has 1 aliphatic heterocycles. The predicted molar refractivity (Wildman–Crippen MR) is 79.9 cm³/mol. The van der Waals surface area contributed by atoms with E-state index in [1.165, 1.54) is 0 Å². The molecule has 20 heavy (non-hydrogen) atoms. The van der Waals surface area contributed by atoms with Crippen molar-refractivity contribution < 1.29 is 8.42 Å². The molecule has 1 fully saturated rings. The first kappa shape index (κ1) is 15.4. The molecular formula is C14H23N3O2S. The maximum atomic E-state index is 12.8. The third-order valence-corrected chi connectivity index (χ3v) is 5.83. The van der Waals surface area contributed by atoms with E-state index in [9.17, 15) is 8.42 Å². The Balaban J connectivity index is 2.34. The lowest BCUT2D eigenvalue weighted by Gasteiger charge is -2.21. The summed E-state index contributed by atoms with van der Waals surface area (Å²) in [6.07, 6.45) is 0.866. The largest absolute Gasteiger partial charge is 0.326 e. The summed E-state index contributed by atoms with van der Waals surface area (Å²) in [4.78, 5) is 2.56. The van der Waals surface area contributed by atoms with E-state index in [1.54, 1.807) is 10.4 Å². The zero-order valence-electron chi connectivity index (χ0n) is 12.2. The van der Waals surface area contributed by atoms with Gasteiger partial charge in [0.25, 0.3) is 0 Å². The quantitative estimate of drug-likeness (QED) is 0.895. The summed E-state index contributed by atoms with van der Waals surface area (Å²) < 4.78 is 27.2. The molecule has 1 aromatic rings. The monoisotopic (exact) mass is 297 g/mol. The summed E-state index contributed by atoms with van der Waals surface area (Å²) in [5.41, 5.74) is 7.24. The summed E-state index contributed by atoms with van der Waals surface area (Å²) >= 11 is 0. The second kappa shape index (κ2) is 6.22. The van der Waals surface area contributed by atoms with Crippen LogP contribution in [-0.4, -0.2) is 50.8 Å². The third-order valence-electron chi connectivity index (χ3n) is 3.78. The summed E-state index contributed by atoms with van der Waals surface area (Å²) in [7, 11) is -1.40. The molecule has 1 aliphatic rings. The van der Waals surface area contributed by atoms with Crippen LogP contribution in [0.25, 0.3) is 0 Å². The van der Waals surface area contributed by atoms with Gasteiger partial charge in [0.15, 0.2) is 0 Å². The first-order valence-electron chi connectivity index (χ1n) is 6.93. The minimum absolute atomic E-state index is 0.353. The van der Waals surface area contributed by atoms with Crippen LogP contribution in [0.4, 0.5) is 0 Å². The van der Waals surface area contributed by atoms with Crippen LogP contribution in [0, 0.1) is 6.92 Å². The standard InChI is InChI=1S/C14H23N3O2S/c1-12-4-5-13(11-15)10-14(12)20(18,19)17-7-3-6-16(2)8-9-17/h4-5,10H,3,6-9,11,15H2,1-2H3. The molecule has 1 saturated heterocycles. The number of hydrogen-bond donors (Lipinski definition) is 1. The van der Waals surface area contributed by atoms with E-state index in [2.05, 4.69) is 4.90 Å². The minimum atomic E-state index is -3.42. The molecule has 1 heterocycles. The van der Waals surface area contributed by atoms with Crippen LogP contribution in [-0.2, 0) is 16.6 Å². The van der Waals surface area contributed by atoms with Gasteiger partial charge in [0, 0.05) is 26.2 Å². The number of nitrogens with two attached hydrogens (primary N) is 1. The average Bonchev–Trinajstić information content (AvgIpc) is 2.64. The molecule has 0 bridgehead atoms. The topological polar surface area (TPSA) is 66.6 Å². The van der Waals surface area contributed by atoms with E-state index in [0.717, 1.165) is 30.6 Å². The highest BCUT2D eigenvalue weighted by Gasteiger charge is 2.27. The number of likely N-dealkylation sites (N-methyl/N-ethyl adjacent to an activating group) is 1. The molecule has 2 rings (SSSR count). The predicted octanol–water partition coefficient (Wildman–Crippen LogP) is 0.780. The zero-order valence-corrected chi connectivity index (χ0v) is 13.0.